The average Bonchev–Trinajstić information content (AvgIpc) is 2.65. The van der Waals surface area contributed by atoms with Crippen molar-refractivity contribution in [3.05, 3.63) is 42.5 Å². The fourth-order valence-corrected chi connectivity index (χ4v) is 1.37. The first-order valence-electron chi connectivity index (χ1n) is 5.15. The topological polar surface area (TPSA) is 20.3 Å². The van der Waals surface area contributed by atoms with Crippen LogP contribution >= 0.6 is 0 Å². The summed E-state index contributed by atoms with van der Waals surface area (Å²) in [5.41, 5.74) is 1.17. The van der Waals surface area contributed by atoms with Crippen LogP contribution in [-0.4, -0.2) is 24.4 Å². The highest BCUT2D eigenvalue weighted by molar-refractivity contribution is 5.77. The summed E-state index contributed by atoms with van der Waals surface area (Å²) >= 11 is 0. The summed E-state index contributed by atoms with van der Waals surface area (Å²) in [4.78, 5) is 12.3. The lowest BCUT2D eigenvalue weighted by Crippen LogP contribution is -2.17. The number of carbonyl (C=O) groups excluding carboxylic acids is 1. The highest BCUT2D eigenvalue weighted by Crippen LogP contribution is 2.04. The Balaban J connectivity index is 0.000000151. The van der Waals surface area contributed by atoms with Gasteiger partial charge < -0.3 is 4.90 Å². The van der Waals surface area contributed by atoms with E-state index in [0.29, 0.717) is 5.91 Å². The second-order valence-electron chi connectivity index (χ2n) is 3.53. The monoisotopic (exact) mass is 203 g/mol. The molecule has 0 spiro atoms. The summed E-state index contributed by atoms with van der Waals surface area (Å²) in [7, 11) is 1.84. The summed E-state index contributed by atoms with van der Waals surface area (Å²) in [6.07, 6.45) is 3.64. The van der Waals surface area contributed by atoms with Crippen LogP contribution in [0.25, 0.3) is 6.08 Å². The van der Waals surface area contributed by atoms with Crippen LogP contribution in [0.2, 0.25) is 0 Å². The van der Waals surface area contributed by atoms with E-state index in [1.165, 1.54) is 5.56 Å². The van der Waals surface area contributed by atoms with Gasteiger partial charge in [-0.05, 0) is 12.0 Å². The second kappa shape index (κ2) is 6.02. The first-order chi connectivity index (χ1) is 7.24. The SMILES string of the molecule is C=Cc1ccccc1.CN1CCCC1=O. The van der Waals surface area contributed by atoms with E-state index >= 15 is 0 Å². The Kier molecular flexibility index (Phi) is 4.61. The number of rotatable bonds is 1. The molecule has 1 fully saturated rings. The minimum absolute atomic E-state index is 0.292. The van der Waals surface area contributed by atoms with E-state index < -0.39 is 0 Å². The average molecular weight is 203 g/mol. The van der Waals surface area contributed by atoms with Crippen molar-refractivity contribution >= 4 is 12.0 Å². The van der Waals surface area contributed by atoms with Gasteiger partial charge in [0.05, 0.1) is 0 Å². The maximum atomic E-state index is 10.5. The van der Waals surface area contributed by atoms with E-state index in [0.717, 1.165) is 19.4 Å². The molecular weight excluding hydrogens is 186 g/mol. The number of carbonyl (C=O) groups is 1. The van der Waals surface area contributed by atoms with Gasteiger partial charge in [-0.3, -0.25) is 4.79 Å². The molecule has 0 aromatic heterocycles. The molecule has 0 unspecified atom stereocenters. The number of nitrogens with zero attached hydrogens (tertiary/aromatic N) is 1. The Morgan fingerprint density at radius 3 is 2.27 bits per heavy atom. The summed E-state index contributed by atoms with van der Waals surface area (Å²) in [6.45, 7) is 4.59. The van der Waals surface area contributed by atoms with Gasteiger partial charge in [0.1, 0.15) is 0 Å². The van der Waals surface area contributed by atoms with Crippen molar-refractivity contribution in [3.8, 4) is 0 Å². The summed E-state index contributed by atoms with van der Waals surface area (Å²) in [5, 5.41) is 0. The Morgan fingerprint density at radius 1 is 1.33 bits per heavy atom. The summed E-state index contributed by atoms with van der Waals surface area (Å²) < 4.78 is 0. The fraction of sp³-hybridized carbons (Fsp3) is 0.308. The van der Waals surface area contributed by atoms with Crippen LogP contribution in [0.15, 0.2) is 36.9 Å². The number of hydrogen-bond acceptors (Lipinski definition) is 1. The Labute approximate surface area is 91.2 Å². The zero-order chi connectivity index (χ0) is 11.1. The number of hydrogen-bond donors (Lipinski definition) is 0. The molecule has 0 bridgehead atoms. The molecule has 1 aliphatic rings. The number of likely N-dealkylation sites (tertiary alicyclic amines) is 1. The van der Waals surface area contributed by atoms with E-state index in [-0.39, 0.29) is 0 Å². The van der Waals surface area contributed by atoms with Crippen molar-refractivity contribution in [3.63, 3.8) is 0 Å². The fourth-order valence-electron chi connectivity index (χ4n) is 1.37. The van der Waals surface area contributed by atoms with E-state index in [4.69, 9.17) is 0 Å². The molecular formula is C13H17NO. The van der Waals surface area contributed by atoms with Crippen molar-refractivity contribution < 1.29 is 4.79 Å². The zero-order valence-corrected chi connectivity index (χ0v) is 9.15. The molecule has 1 aliphatic heterocycles. The van der Waals surface area contributed by atoms with Crippen LogP contribution in [-0.2, 0) is 4.79 Å². The molecule has 2 nitrogen and oxygen atoms in total. The Hall–Kier alpha value is -1.57. The third-order valence-corrected chi connectivity index (χ3v) is 2.35. The van der Waals surface area contributed by atoms with E-state index in [9.17, 15) is 4.79 Å². The Morgan fingerprint density at radius 2 is 2.00 bits per heavy atom. The van der Waals surface area contributed by atoms with Crippen LogP contribution in [0.4, 0.5) is 0 Å². The van der Waals surface area contributed by atoms with E-state index in [1.54, 1.807) is 4.90 Å². The van der Waals surface area contributed by atoms with Crippen molar-refractivity contribution in [2.75, 3.05) is 13.6 Å². The number of amides is 1. The van der Waals surface area contributed by atoms with Gasteiger partial charge in [0.2, 0.25) is 5.91 Å². The van der Waals surface area contributed by atoms with Crippen LogP contribution < -0.4 is 0 Å². The normalized spacial score (nSPS) is 14.5. The van der Waals surface area contributed by atoms with E-state index in [2.05, 4.69) is 6.58 Å². The lowest BCUT2D eigenvalue weighted by Gasteiger charge is -2.03. The van der Waals surface area contributed by atoms with Crippen molar-refractivity contribution in [1.82, 2.24) is 4.90 Å². The van der Waals surface area contributed by atoms with Gasteiger partial charge in [-0.15, -0.1) is 0 Å². The van der Waals surface area contributed by atoms with Gasteiger partial charge in [-0.25, -0.2) is 0 Å². The predicted octanol–water partition coefficient (Wildman–Crippen LogP) is 2.57. The Bertz CT molecular complexity index is 319. The van der Waals surface area contributed by atoms with Crippen LogP contribution in [0.5, 0.6) is 0 Å². The van der Waals surface area contributed by atoms with Crippen LogP contribution in [0.3, 0.4) is 0 Å². The summed E-state index contributed by atoms with van der Waals surface area (Å²) in [5.74, 6) is 0.292. The molecule has 0 saturated carbocycles. The lowest BCUT2D eigenvalue weighted by molar-refractivity contribution is -0.126. The molecule has 2 heteroatoms. The second-order valence-corrected chi connectivity index (χ2v) is 3.53. The largest absolute Gasteiger partial charge is 0.346 e. The maximum absolute atomic E-state index is 10.5. The van der Waals surface area contributed by atoms with Crippen molar-refractivity contribution in [1.29, 1.82) is 0 Å². The van der Waals surface area contributed by atoms with Crippen molar-refractivity contribution in [2.45, 2.75) is 12.8 Å². The summed E-state index contributed by atoms with van der Waals surface area (Å²) in [6, 6.07) is 10.0. The van der Waals surface area contributed by atoms with E-state index in [1.807, 2.05) is 43.5 Å². The smallest absolute Gasteiger partial charge is 0.222 e. The quantitative estimate of drug-likeness (QED) is 0.687. The first-order valence-corrected chi connectivity index (χ1v) is 5.15. The standard InChI is InChI=1S/C8H8.C5H9NO/c1-2-8-6-4-3-5-7-8;1-6-4-2-3-5(6)7/h2-7H,1H2;2-4H2,1H3. The van der Waals surface area contributed by atoms with Crippen LogP contribution in [0, 0.1) is 0 Å². The zero-order valence-electron chi connectivity index (χ0n) is 9.15. The third-order valence-electron chi connectivity index (χ3n) is 2.35. The highest BCUT2D eigenvalue weighted by atomic mass is 16.2. The van der Waals surface area contributed by atoms with Gasteiger partial charge in [-0.1, -0.05) is 43.0 Å². The molecule has 0 radical (unpaired) electrons. The van der Waals surface area contributed by atoms with Gasteiger partial charge in [0.15, 0.2) is 0 Å². The minimum atomic E-state index is 0.292. The first kappa shape index (κ1) is 11.5. The van der Waals surface area contributed by atoms with Crippen LogP contribution in [0.1, 0.15) is 18.4 Å². The lowest BCUT2D eigenvalue weighted by atomic mass is 10.2. The van der Waals surface area contributed by atoms with Gasteiger partial charge in [0.25, 0.3) is 0 Å². The van der Waals surface area contributed by atoms with Gasteiger partial charge in [0, 0.05) is 20.0 Å². The molecule has 1 amide bonds. The molecule has 80 valence electrons. The maximum Gasteiger partial charge on any atom is 0.222 e. The molecule has 1 aromatic rings. The van der Waals surface area contributed by atoms with Gasteiger partial charge in [-0.2, -0.15) is 0 Å². The molecule has 1 saturated heterocycles. The molecule has 1 heterocycles. The highest BCUT2D eigenvalue weighted by Gasteiger charge is 2.14. The molecule has 1 aromatic carbocycles. The minimum Gasteiger partial charge on any atom is -0.346 e. The molecule has 0 atom stereocenters. The molecule has 0 aliphatic carbocycles. The molecule has 2 rings (SSSR count). The molecule has 0 N–H and O–H groups in total. The van der Waals surface area contributed by atoms with Gasteiger partial charge >= 0.3 is 0 Å². The third kappa shape index (κ3) is 3.98. The van der Waals surface area contributed by atoms with Crippen molar-refractivity contribution in [2.24, 2.45) is 0 Å². The number of benzene rings is 1. The molecule has 15 heavy (non-hydrogen) atoms. The predicted molar refractivity (Wildman–Crippen MR) is 63.4 cm³/mol.